The second-order valence-electron chi connectivity index (χ2n) is 8.00. The lowest BCUT2D eigenvalue weighted by Gasteiger charge is -2.39. The van der Waals surface area contributed by atoms with Crippen LogP contribution >= 0.6 is 0 Å². The zero-order valence-corrected chi connectivity index (χ0v) is 16.7. The molecule has 1 atom stereocenters. The lowest BCUT2D eigenvalue weighted by atomic mass is 9.90. The third-order valence-electron chi connectivity index (χ3n) is 5.55. The smallest absolute Gasteiger partial charge is 0.254 e. The molecule has 5 nitrogen and oxygen atoms in total. The molecule has 0 aliphatic carbocycles. The third kappa shape index (κ3) is 2.96. The van der Waals surface area contributed by atoms with Gasteiger partial charge in [-0.15, -0.1) is 0 Å². The number of aliphatic hydroxyl groups is 1. The summed E-state index contributed by atoms with van der Waals surface area (Å²) in [5.74, 6) is 0.548. The number of benzene rings is 2. The van der Waals surface area contributed by atoms with Gasteiger partial charge in [0.2, 0.25) is 0 Å². The van der Waals surface area contributed by atoms with Crippen molar-refractivity contribution < 1.29 is 14.6 Å². The number of hydrogen-bond acceptors (Lipinski definition) is 3. The molecule has 146 valence electrons. The van der Waals surface area contributed by atoms with E-state index in [2.05, 4.69) is 23.2 Å². The number of carbonyl (C=O) groups excluding carboxylic acids is 1. The Morgan fingerprint density at radius 2 is 2.00 bits per heavy atom. The summed E-state index contributed by atoms with van der Waals surface area (Å²) in [6, 6.07) is 14.0. The van der Waals surface area contributed by atoms with Gasteiger partial charge in [0.05, 0.1) is 13.2 Å². The highest BCUT2D eigenvalue weighted by Crippen LogP contribution is 2.40. The molecule has 0 saturated heterocycles. The van der Waals surface area contributed by atoms with Crippen LogP contribution in [0.25, 0.3) is 10.9 Å². The zero-order valence-electron chi connectivity index (χ0n) is 16.7. The Balaban J connectivity index is 1.91. The van der Waals surface area contributed by atoms with Crippen molar-refractivity contribution in [2.45, 2.75) is 38.8 Å². The van der Waals surface area contributed by atoms with E-state index in [4.69, 9.17) is 4.74 Å². The normalized spacial score (nSPS) is 16.9. The van der Waals surface area contributed by atoms with Gasteiger partial charge in [-0.05, 0) is 62.1 Å². The maximum Gasteiger partial charge on any atom is 0.254 e. The highest BCUT2D eigenvalue weighted by atomic mass is 16.5. The van der Waals surface area contributed by atoms with Gasteiger partial charge in [-0.1, -0.05) is 24.3 Å². The monoisotopic (exact) mass is 378 g/mol. The van der Waals surface area contributed by atoms with Crippen molar-refractivity contribution in [1.82, 2.24) is 9.88 Å². The molecule has 1 aromatic heterocycles. The predicted molar refractivity (Wildman–Crippen MR) is 110 cm³/mol. The first-order valence-electron chi connectivity index (χ1n) is 9.58. The summed E-state index contributed by atoms with van der Waals surface area (Å²) in [7, 11) is 1.66. The molecule has 2 heterocycles. The highest BCUT2D eigenvalue weighted by molar-refractivity contribution is 5.88. The number of aromatic nitrogens is 1. The van der Waals surface area contributed by atoms with Crippen molar-refractivity contribution in [3.63, 3.8) is 0 Å². The van der Waals surface area contributed by atoms with Gasteiger partial charge in [-0.2, -0.15) is 0 Å². The molecule has 0 spiro atoms. The zero-order chi connectivity index (χ0) is 20.1. The van der Waals surface area contributed by atoms with Crippen LogP contribution in [0.2, 0.25) is 0 Å². The van der Waals surface area contributed by atoms with Gasteiger partial charge in [-0.3, -0.25) is 4.79 Å². The number of para-hydroxylation sites is 1. The molecule has 2 aromatic carbocycles. The van der Waals surface area contributed by atoms with Crippen molar-refractivity contribution >= 4 is 16.8 Å². The second kappa shape index (κ2) is 6.67. The van der Waals surface area contributed by atoms with E-state index >= 15 is 0 Å². The highest BCUT2D eigenvalue weighted by Gasteiger charge is 2.39. The Morgan fingerprint density at radius 1 is 1.25 bits per heavy atom. The first kappa shape index (κ1) is 18.6. The molecule has 28 heavy (non-hydrogen) atoms. The van der Waals surface area contributed by atoms with Gasteiger partial charge in [0.1, 0.15) is 11.4 Å². The summed E-state index contributed by atoms with van der Waals surface area (Å²) in [6.45, 7) is 5.66. The molecule has 1 aliphatic rings. The Hall–Kier alpha value is -2.79. The van der Waals surface area contributed by atoms with Gasteiger partial charge in [0.15, 0.2) is 0 Å². The van der Waals surface area contributed by atoms with Gasteiger partial charge in [-0.25, -0.2) is 0 Å². The van der Waals surface area contributed by atoms with Crippen LogP contribution in [0.5, 0.6) is 5.75 Å². The molecule has 1 aliphatic heterocycles. The summed E-state index contributed by atoms with van der Waals surface area (Å²) >= 11 is 0. The Kier molecular flexibility index (Phi) is 4.42. The van der Waals surface area contributed by atoms with Crippen LogP contribution in [0.15, 0.2) is 42.5 Å². The van der Waals surface area contributed by atoms with Crippen LogP contribution in [0.4, 0.5) is 0 Å². The van der Waals surface area contributed by atoms with E-state index in [-0.39, 0.29) is 11.9 Å². The Morgan fingerprint density at radius 3 is 2.68 bits per heavy atom. The van der Waals surface area contributed by atoms with Crippen molar-refractivity contribution in [2.75, 3.05) is 13.7 Å². The maximum absolute atomic E-state index is 13.1. The van der Waals surface area contributed by atoms with Crippen molar-refractivity contribution in [3.05, 3.63) is 64.8 Å². The summed E-state index contributed by atoms with van der Waals surface area (Å²) < 4.78 is 5.40. The SMILES string of the molecule is COc1ccc([C@H]2c3[nH]c4ccccc4c3CCN2C(=O)C(C)(C)O)cc1C. The van der Waals surface area contributed by atoms with Crippen LogP contribution in [0, 0.1) is 6.92 Å². The molecular weight excluding hydrogens is 352 g/mol. The van der Waals surface area contributed by atoms with Crippen LogP contribution in [0.3, 0.4) is 0 Å². The number of amides is 1. The summed E-state index contributed by atoms with van der Waals surface area (Å²) in [5.41, 5.74) is 3.93. The Labute approximate surface area is 164 Å². The number of rotatable bonds is 3. The predicted octanol–water partition coefficient (Wildman–Crippen LogP) is 3.73. The van der Waals surface area contributed by atoms with Gasteiger partial charge < -0.3 is 19.7 Å². The fraction of sp³-hybridized carbons (Fsp3) is 0.348. The molecule has 3 aromatic rings. The maximum atomic E-state index is 13.1. The molecule has 0 saturated carbocycles. The topological polar surface area (TPSA) is 65.6 Å². The van der Waals surface area contributed by atoms with E-state index in [0.29, 0.717) is 6.54 Å². The number of nitrogens with zero attached hydrogens (tertiary/aromatic N) is 1. The largest absolute Gasteiger partial charge is 0.496 e. The number of aromatic amines is 1. The number of methoxy groups -OCH3 is 1. The Bertz CT molecular complexity index is 1050. The molecule has 0 unspecified atom stereocenters. The number of carbonyl (C=O) groups is 1. The standard InChI is InChI=1S/C23H26N2O3/c1-14-13-15(9-10-19(14)28-4)21-20-17(16-7-5-6-8-18(16)24-20)11-12-25(21)22(26)23(2,3)27/h5-10,13,21,24,27H,11-12H2,1-4H3/t21-/m0/s1. The lowest BCUT2D eigenvalue weighted by Crippen LogP contribution is -2.49. The van der Waals surface area contributed by atoms with Crippen molar-refractivity contribution in [1.29, 1.82) is 0 Å². The molecule has 4 rings (SSSR count). The first-order chi connectivity index (χ1) is 13.3. The third-order valence-corrected chi connectivity index (χ3v) is 5.55. The average Bonchev–Trinajstić information content (AvgIpc) is 3.04. The van der Waals surface area contributed by atoms with E-state index in [1.54, 1.807) is 25.9 Å². The first-order valence-corrected chi connectivity index (χ1v) is 9.58. The number of aryl methyl sites for hydroxylation is 1. The quantitative estimate of drug-likeness (QED) is 0.730. The van der Waals surface area contributed by atoms with Crippen LogP contribution in [-0.4, -0.2) is 40.2 Å². The minimum Gasteiger partial charge on any atom is -0.496 e. The molecule has 0 radical (unpaired) electrons. The number of H-pyrrole nitrogens is 1. The van der Waals surface area contributed by atoms with E-state index in [9.17, 15) is 9.90 Å². The van der Waals surface area contributed by atoms with E-state index in [0.717, 1.165) is 34.5 Å². The fourth-order valence-corrected chi connectivity index (χ4v) is 4.23. The van der Waals surface area contributed by atoms with E-state index < -0.39 is 5.60 Å². The van der Waals surface area contributed by atoms with E-state index in [1.165, 1.54) is 10.9 Å². The molecule has 2 N–H and O–H groups in total. The van der Waals surface area contributed by atoms with Crippen LogP contribution < -0.4 is 4.74 Å². The summed E-state index contributed by atoms with van der Waals surface area (Å²) in [5, 5.41) is 11.6. The average molecular weight is 378 g/mol. The number of hydrogen-bond donors (Lipinski definition) is 2. The van der Waals surface area contributed by atoms with Crippen LogP contribution in [-0.2, 0) is 11.2 Å². The molecular formula is C23H26N2O3. The lowest BCUT2D eigenvalue weighted by molar-refractivity contribution is -0.150. The van der Waals surface area contributed by atoms with Gasteiger partial charge in [0, 0.05) is 23.1 Å². The number of nitrogens with one attached hydrogen (secondary N) is 1. The van der Waals surface area contributed by atoms with Gasteiger partial charge >= 0.3 is 0 Å². The molecule has 0 fully saturated rings. The summed E-state index contributed by atoms with van der Waals surface area (Å²) in [6.07, 6.45) is 0.757. The van der Waals surface area contributed by atoms with Crippen molar-refractivity contribution in [3.8, 4) is 5.75 Å². The number of ether oxygens (including phenoxy) is 1. The van der Waals surface area contributed by atoms with Crippen LogP contribution in [0.1, 0.15) is 42.3 Å². The minimum absolute atomic E-state index is 0.268. The minimum atomic E-state index is -1.43. The summed E-state index contributed by atoms with van der Waals surface area (Å²) in [4.78, 5) is 18.4. The van der Waals surface area contributed by atoms with E-state index in [1.807, 2.05) is 31.2 Å². The number of fused-ring (bicyclic) bond motifs is 3. The fourth-order valence-electron chi connectivity index (χ4n) is 4.23. The molecule has 1 amide bonds. The molecule has 0 bridgehead atoms. The second-order valence-corrected chi connectivity index (χ2v) is 8.00. The van der Waals surface area contributed by atoms with Gasteiger partial charge in [0.25, 0.3) is 5.91 Å². The molecule has 5 heteroatoms. The van der Waals surface area contributed by atoms with Crippen molar-refractivity contribution in [2.24, 2.45) is 0 Å².